The summed E-state index contributed by atoms with van der Waals surface area (Å²) in [6.07, 6.45) is 2.56. The third-order valence-electron chi connectivity index (χ3n) is 10.5. The number of carboxylic acids is 1. The van der Waals surface area contributed by atoms with Gasteiger partial charge in [0, 0.05) is 74.3 Å². The van der Waals surface area contributed by atoms with Crippen molar-refractivity contribution in [3.05, 3.63) is 116 Å². The molecule has 2 atom stereocenters. The average molecular weight is 965 g/mol. The van der Waals surface area contributed by atoms with Crippen LogP contribution >= 0.6 is 46.4 Å². The van der Waals surface area contributed by atoms with Gasteiger partial charge in [-0.05, 0) is 84.3 Å². The maximum Gasteiger partial charge on any atom is 0.303 e. The second kappa shape index (κ2) is 28.2. The Morgan fingerprint density at radius 3 is 1.58 bits per heavy atom. The van der Waals surface area contributed by atoms with Crippen LogP contribution in [0.15, 0.2) is 84.9 Å². The normalized spacial score (nSPS) is 16.0. The van der Waals surface area contributed by atoms with Gasteiger partial charge in [0.15, 0.2) is 0 Å². The summed E-state index contributed by atoms with van der Waals surface area (Å²) in [5.74, 6) is 1.79. The molecule has 15 heteroatoms. The molecule has 0 aliphatic carbocycles. The number of carbonyl (C=O) groups excluding carboxylic acids is 1. The fraction of sp³-hybridized carbons (Fsp3) is 0.469. The number of nitrogens with one attached hydrogen (secondary N) is 1. The van der Waals surface area contributed by atoms with Crippen molar-refractivity contribution in [2.45, 2.75) is 72.9 Å². The van der Waals surface area contributed by atoms with Crippen LogP contribution in [0.25, 0.3) is 0 Å². The van der Waals surface area contributed by atoms with Gasteiger partial charge in [-0.15, -0.1) is 0 Å². The smallest absolute Gasteiger partial charge is 0.303 e. The molecule has 0 radical (unpaired) electrons. The fourth-order valence-electron chi connectivity index (χ4n) is 7.17. The maximum absolute atomic E-state index is 12.8. The molecule has 6 rings (SSSR count). The number of carboxylic acid groups (broad SMARTS) is 1. The first-order chi connectivity index (χ1) is 30.2. The molecule has 2 fully saturated rings. The number of piperazine rings is 2. The summed E-state index contributed by atoms with van der Waals surface area (Å²) >= 11 is 25.2. The SMILES string of the molecule is C.CC(C)CCC(=O)N1CCN(c2ccc(OCCO)cc2Cl)[C@H](c2ccc(Cl)cc2)C1.CC(C)CCC(=O)O.OCCOc1ccc(N2CCNC[C@H]2c2ccc(Cl)cc2)c(Cl)c1. The minimum atomic E-state index is -0.696. The minimum Gasteiger partial charge on any atom is -0.491 e. The van der Waals surface area contributed by atoms with Crippen molar-refractivity contribution >= 4 is 69.7 Å². The molecule has 4 aromatic carbocycles. The molecule has 0 bridgehead atoms. The molecule has 0 spiro atoms. The molecule has 1 amide bonds. The number of aliphatic carboxylic acids is 1. The largest absolute Gasteiger partial charge is 0.491 e. The Bertz CT molecular complexity index is 2010. The molecule has 2 aliphatic heterocycles. The number of ether oxygens (including phenoxy) is 2. The first-order valence-corrected chi connectivity index (χ1v) is 23.0. The minimum absolute atomic E-state index is 0. The maximum atomic E-state index is 12.8. The second-order valence-corrected chi connectivity index (χ2v) is 17.9. The summed E-state index contributed by atoms with van der Waals surface area (Å²) in [6.45, 7) is 13.3. The highest BCUT2D eigenvalue weighted by atomic mass is 35.5. The van der Waals surface area contributed by atoms with Gasteiger partial charge in [-0.25, -0.2) is 0 Å². The topological polar surface area (TPSA) is 135 Å². The van der Waals surface area contributed by atoms with Crippen LogP contribution in [0.1, 0.15) is 84.0 Å². The van der Waals surface area contributed by atoms with Crippen molar-refractivity contribution in [2.75, 3.05) is 75.5 Å². The van der Waals surface area contributed by atoms with E-state index in [1.54, 1.807) is 12.1 Å². The van der Waals surface area contributed by atoms with E-state index in [2.05, 4.69) is 41.1 Å². The monoisotopic (exact) mass is 962 g/mol. The van der Waals surface area contributed by atoms with Gasteiger partial charge >= 0.3 is 5.97 Å². The van der Waals surface area contributed by atoms with Crippen LogP contribution in [0.3, 0.4) is 0 Å². The van der Waals surface area contributed by atoms with E-state index >= 15 is 0 Å². The lowest BCUT2D eigenvalue weighted by molar-refractivity contribution is -0.137. The number of nitrogens with zero attached hydrogens (tertiary/aromatic N) is 3. The molecule has 2 saturated heterocycles. The van der Waals surface area contributed by atoms with Gasteiger partial charge in [0.1, 0.15) is 24.7 Å². The highest BCUT2D eigenvalue weighted by Gasteiger charge is 2.32. The van der Waals surface area contributed by atoms with Crippen molar-refractivity contribution in [1.82, 2.24) is 10.2 Å². The van der Waals surface area contributed by atoms with Crippen molar-refractivity contribution in [1.29, 1.82) is 0 Å². The van der Waals surface area contributed by atoms with E-state index in [1.807, 2.05) is 79.4 Å². The highest BCUT2D eigenvalue weighted by molar-refractivity contribution is 6.34. The lowest BCUT2D eigenvalue weighted by Crippen LogP contribution is -2.50. The van der Waals surface area contributed by atoms with Gasteiger partial charge in [-0.1, -0.05) is 106 Å². The summed E-state index contributed by atoms with van der Waals surface area (Å²) in [5, 5.41) is 32.1. The molecular weight excluding hydrogens is 898 g/mol. The average Bonchev–Trinajstić information content (AvgIpc) is 3.27. The quantitative estimate of drug-likeness (QED) is 0.0860. The Morgan fingerprint density at radius 1 is 0.672 bits per heavy atom. The molecule has 0 unspecified atom stereocenters. The zero-order valence-electron chi connectivity index (χ0n) is 36.6. The lowest BCUT2D eigenvalue weighted by atomic mass is 10.00. The van der Waals surface area contributed by atoms with Crippen molar-refractivity contribution in [2.24, 2.45) is 11.8 Å². The molecule has 2 heterocycles. The van der Waals surface area contributed by atoms with Crippen molar-refractivity contribution in [3.8, 4) is 11.5 Å². The zero-order chi connectivity index (χ0) is 45.9. The van der Waals surface area contributed by atoms with E-state index < -0.39 is 5.97 Å². The summed E-state index contributed by atoms with van der Waals surface area (Å²) in [7, 11) is 0. The van der Waals surface area contributed by atoms with E-state index in [9.17, 15) is 9.59 Å². The third-order valence-corrected chi connectivity index (χ3v) is 11.6. The molecule has 4 N–H and O–H groups in total. The predicted octanol–water partition coefficient (Wildman–Crippen LogP) is 10.8. The fourth-order valence-corrected chi connectivity index (χ4v) is 7.98. The van der Waals surface area contributed by atoms with Crippen LogP contribution in [0, 0.1) is 11.8 Å². The summed E-state index contributed by atoms with van der Waals surface area (Å²) in [4.78, 5) is 29.2. The molecule has 352 valence electrons. The van der Waals surface area contributed by atoms with Crippen LogP contribution in [0.4, 0.5) is 11.4 Å². The number of anilines is 2. The Morgan fingerprint density at radius 2 is 1.14 bits per heavy atom. The molecular formula is C49H66Cl4N4O7. The summed E-state index contributed by atoms with van der Waals surface area (Å²) in [6, 6.07) is 27.1. The van der Waals surface area contributed by atoms with Crippen LogP contribution in [0.2, 0.25) is 20.1 Å². The van der Waals surface area contributed by atoms with Gasteiger partial charge in [0.05, 0.1) is 46.7 Å². The summed E-state index contributed by atoms with van der Waals surface area (Å²) < 4.78 is 10.9. The number of hydrogen-bond acceptors (Lipinski definition) is 9. The van der Waals surface area contributed by atoms with Crippen LogP contribution in [0.5, 0.6) is 11.5 Å². The van der Waals surface area contributed by atoms with E-state index in [0.29, 0.717) is 70.9 Å². The number of aliphatic hydroxyl groups excluding tert-OH is 2. The van der Waals surface area contributed by atoms with Crippen LogP contribution in [-0.2, 0) is 9.59 Å². The lowest BCUT2D eigenvalue weighted by Gasteiger charge is -2.43. The number of halogens is 4. The number of benzene rings is 4. The van der Waals surface area contributed by atoms with E-state index in [4.69, 9.17) is 71.2 Å². The number of rotatable bonds is 16. The van der Waals surface area contributed by atoms with E-state index in [1.165, 1.54) is 5.56 Å². The zero-order valence-corrected chi connectivity index (χ0v) is 39.6. The van der Waals surface area contributed by atoms with Crippen molar-refractivity contribution in [3.63, 3.8) is 0 Å². The standard InChI is InChI=1S/C24H30Cl2N2O3.C18H20Cl2N2O2.C6H12O2.CH4/c1-17(2)3-10-24(30)27-11-12-28(23(16-27)18-4-6-19(25)7-5-18)22-9-8-20(15-21(22)26)31-14-13-29;19-14-3-1-13(2-4-14)18-12-21-7-8-22(18)17-6-5-15(11-16(17)20)24-10-9-23;1-5(2)3-4-6(7)8;/h4-9,15,17,23,29H,3,10-14,16H2,1-2H3;1-6,11,18,21,23H,7-10,12H2;5H,3-4H2,1-2H3,(H,7,8);1H4/t23-;18-;;/m00../s1. The molecule has 0 saturated carbocycles. The first kappa shape index (κ1) is 54.4. The molecule has 4 aromatic rings. The van der Waals surface area contributed by atoms with Gasteiger partial charge in [-0.2, -0.15) is 0 Å². The highest BCUT2D eigenvalue weighted by Crippen LogP contribution is 2.38. The molecule has 64 heavy (non-hydrogen) atoms. The molecule has 0 aromatic heterocycles. The number of amides is 1. The third kappa shape index (κ3) is 17.5. The Balaban J connectivity index is 0.000000293. The van der Waals surface area contributed by atoms with Gasteiger partial charge in [0.25, 0.3) is 0 Å². The second-order valence-electron chi connectivity index (χ2n) is 16.2. The Labute approximate surface area is 400 Å². The number of carbonyl (C=O) groups is 2. The Kier molecular flexibility index (Phi) is 23.9. The van der Waals surface area contributed by atoms with Gasteiger partial charge < -0.3 is 44.8 Å². The number of aliphatic hydroxyl groups is 2. The molecule has 2 aliphatic rings. The molecule has 11 nitrogen and oxygen atoms in total. The summed E-state index contributed by atoms with van der Waals surface area (Å²) in [5.41, 5.74) is 4.16. The van der Waals surface area contributed by atoms with E-state index in [-0.39, 0.29) is 51.8 Å². The number of hydrogen-bond donors (Lipinski definition) is 4. The van der Waals surface area contributed by atoms with Crippen LogP contribution in [-0.4, -0.2) is 97.8 Å². The van der Waals surface area contributed by atoms with Gasteiger partial charge in [0.2, 0.25) is 5.91 Å². The van der Waals surface area contributed by atoms with Crippen molar-refractivity contribution < 1.29 is 34.4 Å². The van der Waals surface area contributed by atoms with Gasteiger partial charge in [-0.3, -0.25) is 9.59 Å². The van der Waals surface area contributed by atoms with Crippen LogP contribution < -0.4 is 24.6 Å². The van der Waals surface area contributed by atoms with E-state index in [0.717, 1.165) is 54.4 Å². The Hall–Kier alpha value is -3.94. The predicted molar refractivity (Wildman–Crippen MR) is 263 cm³/mol. The first-order valence-electron chi connectivity index (χ1n) is 21.5.